The van der Waals surface area contributed by atoms with Crippen LogP contribution in [0, 0.1) is 0 Å². The first-order valence-corrected chi connectivity index (χ1v) is 7.98. The highest BCUT2D eigenvalue weighted by atomic mass is 19.4. The van der Waals surface area contributed by atoms with Crippen LogP contribution in [0.1, 0.15) is 18.2 Å². The summed E-state index contributed by atoms with van der Waals surface area (Å²) in [5.74, 6) is 1.30. The molecular formula is C17H19F3N4. The van der Waals surface area contributed by atoms with E-state index < -0.39 is 11.7 Å². The van der Waals surface area contributed by atoms with Gasteiger partial charge in [-0.25, -0.2) is 9.97 Å². The van der Waals surface area contributed by atoms with Gasteiger partial charge in [0.2, 0.25) is 0 Å². The van der Waals surface area contributed by atoms with Crippen molar-refractivity contribution in [1.82, 2.24) is 15.3 Å². The largest absolute Gasteiger partial charge is 0.416 e. The zero-order valence-electron chi connectivity index (χ0n) is 13.4. The first-order valence-electron chi connectivity index (χ1n) is 7.98. The third-order valence-corrected chi connectivity index (χ3v) is 4.04. The number of hydrogen-bond acceptors (Lipinski definition) is 4. The zero-order valence-corrected chi connectivity index (χ0v) is 13.4. The normalized spacial score (nSPS) is 15.6. The molecule has 1 fully saturated rings. The SMILES string of the molecule is CCc1cc(N2CCNCC2)nc(-c2ccc(C(F)(F)F)cc2)n1. The Balaban J connectivity index is 1.94. The second-order valence-corrected chi connectivity index (χ2v) is 5.71. The highest BCUT2D eigenvalue weighted by Gasteiger charge is 2.30. The highest BCUT2D eigenvalue weighted by Crippen LogP contribution is 2.30. The van der Waals surface area contributed by atoms with Crippen LogP contribution in [0.15, 0.2) is 30.3 Å². The van der Waals surface area contributed by atoms with Crippen LogP contribution in [0.2, 0.25) is 0 Å². The van der Waals surface area contributed by atoms with E-state index in [1.165, 1.54) is 12.1 Å². The average Bonchev–Trinajstić information content (AvgIpc) is 2.61. The van der Waals surface area contributed by atoms with Crippen LogP contribution < -0.4 is 10.2 Å². The Kier molecular flexibility index (Phi) is 4.71. The van der Waals surface area contributed by atoms with Crippen molar-refractivity contribution in [2.24, 2.45) is 0 Å². The van der Waals surface area contributed by atoms with E-state index in [-0.39, 0.29) is 0 Å². The molecule has 7 heteroatoms. The van der Waals surface area contributed by atoms with Gasteiger partial charge in [-0.05, 0) is 18.6 Å². The molecule has 4 nitrogen and oxygen atoms in total. The van der Waals surface area contributed by atoms with Crippen molar-refractivity contribution in [3.05, 3.63) is 41.6 Å². The maximum atomic E-state index is 12.7. The number of hydrogen-bond donors (Lipinski definition) is 1. The average molecular weight is 336 g/mol. The Morgan fingerprint density at radius 1 is 1.08 bits per heavy atom. The lowest BCUT2D eigenvalue weighted by Crippen LogP contribution is -2.44. The van der Waals surface area contributed by atoms with Crippen LogP contribution in [-0.2, 0) is 12.6 Å². The zero-order chi connectivity index (χ0) is 17.2. The molecule has 1 saturated heterocycles. The van der Waals surface area contributed by atoms with Gasteiger partial charge in [-0.3, -0.25) is 0 Å². The standard InChI is InChI=1S/C17H19F3N4/c1-2-14-11-15(24-9-7-21-8-10-24)23-16(22-14)12-3-5-13(6-4-12)17(18,19)20/h3-6,11,21H,2,7-10H2,1H3. The molecule has 1 aromatic carbocycles. The van der Waals surface area contributed by atoms with Gasteiger partial charge >= 0.3 is 6.18 Å². The van der Waals surface area contributed by atoms with E-state index >= 15 is 0 Å². The maximum Gasteiger partial charge on any atom is 0.416 e. The molecule has 0 aliphatic carbocycles. The second kappa shape index (κ2) is 6.76. The summed E-state index contributed by atoms with van der Waals surface area (Å²) in [5, 5.41) is 3.29. The van der Waals surface area contributed by atoms with Crippen LogP contribution in [-0.4, -0.2) is 36.1 Å². The highest BCUT2D eigenvalue weighted by molar-refractivity contribution is 5.59. The minimum absolute atomic E-state index is 0.469. The molecule has 1 aromatic heterocycles. The molecule has 3 rings (SSSR count). The quantitative estimate of drug-likeness (QED) is 0.935. The second-order valence-electron chi connectivity index (χ2n) is 5.71. The summed E-state index contributed by atoms with van der Waals surface area (Å²) in [6.45, 7) is 5.49. The summed E-state index contributed by atoms with van der Waals surface area (Å²) in [4.78, 5) is 11.2. The number of nitrogens with zero attached hydrogens (tertiary/aromatic N) is 3. The molecule has 0 amide bonds. The number of piperazine rings is 1. The molecule has 0 unspecified atom stereocenters. The number of rotatable bonds is 3. The molecule has 0 saturated carbocycles. The van der Waals surface area contributed by atoms with E-state index in [1.54, 1.807) is 0 Å². The van der Waals surface area contributed by atoms with Crippen molar-refractivity contribution in [3.8, 4) is 11.4 Å². The molecule has 2 aromatic rings. The van der Waals surface area contributed by atoms with Crippen LogP contribution in [0.25, 0.3) is 11.4 Å². The molecule has 128 valence electrons. The molecule has 0 bridgehead atoms. The number of nitrogens with one attached hydrogen (secondary N) is 1. The smallest absolute Gasteiger partial charge is 0.354 e. The lowest BCUT2D eigenvalue weighted by Gasteiger charge is -2.28. The van der Waals surface area contributed by atoms with Crippen LogP contribution in [0.4, 0.5) is 19.0 Å². The van der Waals surface area contributed by atoms with Crippen LogP contribution in [0.5, 0.6) is 0 Å². The van der Waals surface area contributed by atoms with Crippen molar-refractivity contribution < 1.29 is 13.2 Å². The Hall–Kier alpha value is -2.15. The molecule has 24 heavy (non-hydrogen) atoms. The summed E-state index contributed by atoms with van der Waals surface area (Å²) in [6, 6.07) is 6.96. The number of halogens is 3. The van der Waals surface area contributed by atoms with E-state index in [2.05, 4.69) is 20.2 Å². The molecule has 1 N–H and O–H groups in total. The molecule has 0 spiro atoms. The molecule has 0 atom stereocenters. The third kappa shape index (κ3) is 3.67. The van der Waals surface area contributed by atoms with Gasteiger partial charge < -0.3 is 10.2 Å². The van der Waals surface area contributed by atoms with Gasteiger partial charge in [-0.15, -0.1) is 0 Å². The summed E-state index contributed by atoms with van der Waals surface area (Å²) >= 11 is 0. The number of aryl methyl sites for hydroxylation is 1. The van der Waals surface area contributed by atoms with E-state index in [4.69, 9.17) is 0 Å². The Bertz CT molecular complexity index is 692. The minimum atomic E-state index is -4.34. The number of anilines is 1. The monoisotopic (exact) mass is 336 g/mol. The first kappa shape index (κ1) is 16.7. The van der Waals surface area contributed by atoms with E-state index in [0.717, 1.165) is 56.2 Å². The van der Waals surface area contributed by atoms with Crippen molar-refractivity contribution in [2.75, 3.05) is 31.1 Å². The predicted molar refractivity (Wildman–Crippen MR) is 86.9 cm³/mol. The number of aromatic nitrogens is 2. The van der Waals surface area contributed by atoms with Crippen molar-refractivity contribution in [3.63, 3.8) is 0 Å². The third-order valence-electron chi connectivity index (χ3n) is 4.04. The van der Waals surface area contributed by atoms with Gasteiger partial charge in [-0.2, -0.15) is 13.2 Å². The van der Waals surface area contributed by atoms with E-state index in [0.29, 0.717) is 11.4 Å². The summed E-state index contributed by atoms with van der Waals surface area (Å²) in [5.41, 5.74) is 0.809. The van der Waals surface area contributed by atoms with Crippen molar-refractivity contribution in [2.45, 2.75) is 19.5 Å². The Morgan fingerprint density at radius 3 is 2.33 bits per heavy atom. The van der Waals surface area contributed by atoms with Gasteiger partial charge in [0.15, 0.2) is 5.82 Å². The fraction of sp³-hybridized carbons (Fsp3) is 0.412. The van der Waals surface area contributed by atoms with Gasteiger partial charge in [0, 0.05) is 43.5 Å². The van der Waals surface area contributed by atoms with Crippen molar-refractivity contribution >= 4 is 5.82 Å². The van der Waals surface area contributed by atoms with E-state index in [1.807, 2.05) is 13.0 Å². The number of alkyl halides is 3. The lowest BCUT2D eigenvalue weighted by atomic mass is 10.1. The van der Waals surface area contributed by atoms with Crippen LogP contribution in [0.3, 0.4) is 0 Å². The summed E-state index contributed by atoms with van der Waals surface area (Å²) in [6.07, 6.45) is -3.59. The lowest BCUT2D eigenvalue weighted by molar-refractivity contribution is -0.137. The van der Waals surface area contributed by atoms with E-state index in [9.17, 15) is 13.2 Å². The summed E-state index contributed by atoms with van der Waals surface area (Å²) in [7, 11) is 0. The molecule has 2 heterocycles. The summed E-state index contributed by atoms with van der Waals surface area (Å²) < 4.78 is 38.1. The topological polar surface area (TPSA) is 41.0 Å². The molecular weight excluding hydrogens is 317 g/mol. The van der Waals surface area contributed by atoms with Crippen molar-refractivity contribution in [1.29, 1.82) is 0 Å². The predicted octanol–water partition coefficient (Wildman–Crippen LogP) is 3.13. The minimum Gasteiger partial charge on any atom is -0.354 e. The molecule has 1 aliphatic rings. The van der Waals surface area contributed by atoms with Gasteiger partial charge in [0.25, 0.3) is 0 Å². The van der Waals surface area contributed by atoms with Gasteiger partial charge in [0.05, 0.1) is 5.56 Å². The Morgan fingerprint density at radius 2 is 1.75 bits per heavy atom. The Labute approximate surface area is 138 Å². The fourth-order valence-electron chi connectivity index (χ4n) is 2.66. The molecule has 1 aliphatic heterocycles. The van der Waals surface area contributed by atoms with Gasteiger partial charge in [-0.1, -0.05) is 19.1 Å². The van der Waals surface area contributed by atoms with Crippen LogP contribution >= 0.6 is 0 Å². The number of benzene rings is 1. The first-order chi connectivity index (χ1) is 11.5. The van der Waals surface area contributed by atoms with Gasteiger partial charge in [0.1, 0.15) is 5.82 Å². The fourth-order valence-corrected chi connectivity index (χ4v) is 2.66. The molecule has 0 radical (unpaired) electrons. The maximum absolute atomic E-state index is 12.7.